The number of fused-ring (bicyclic) bond motifs is 1. The van der Waals surface area contributed by atoms with E-state index < -0.39 is 0 Å². The van der Waals surface area contributed by atoms with Gasteiger partial charge < -0.3 is 14.3 Å². The number of aromatic amines is 1. The number of oxazole rings is 1. The zero-order valence-electron chi connectivity index (χ0n) is 19.8. The third kappa shape index (κ3) is 4.90. The Morgan fingerprint density at radius 1 is 1.25 bits per heavy atom. The van der Waals surface area contributed by atoms with Gasteiger partial charge in [-0.3, -0.25) is 9.69 Å². The van der Waals surface area contributed by atoms with Gasteiger partial charge in [0.15, 0.2) is 11.5 Å². The highest BCUT2D eigenvalue weighted by Gasteiger charge is 2.29. The Morgan fingerprint density at radius 3 is 2.75 bits per heavy atom. The van der Waals surface area contributed by atoms with E-state index in [1.807, 2.05) is 6.07 Å². The Bertz CT molecular complexity index is 1030. The molecule has 172 valence electrons. The highest BCUT2D eigenvalue weighted by Crippen LogP contribution is 2.27. The number of nitrogens with one attached hydrogen (secondary N) is 1. The highest BCUT2D eigenvalue weighted by molar-refractivity contribution is 5.93. The molecule has 1 saturated heterocycles. The van der Waals surface area contributed by atoms with E-state index >= 15 is 0 Å². The molecule has 0 bridgehead atoms. The molecule has 4 rings (SSSR count). The van der Waals surface area contributed by atoms with E-state index in [2.05, 4.69) is 72.0 Å². The fourth-order valence-electron chi connectivity index (χ4n) is 4.84. The molecule has 0 saturated carbocycles. The van der Waals surface area contributed by atoms with Crippen molar-refractivity contribution < 1.29 is 9.21 Å². The first-order chi connectivity index (χ1) is 15.5. The molecule has 6 nitrogen and oxygen atoms in total. The predicted molar refractivity (Wildman–Crippen MR) is 129 cm³/mol. The number of rotatable bonds is 9. The predicted octanol–water partition coefficient (Wildman–Crippen LogP) is 5.31. The molecule has 1 N–H and O–H groups in total. The van der Waals surface area contributed by atoms with E-state index in [4.69, 9.17) is 4.42 Å². The highest BCUT2D eigenvalue weighted by atomic mass is 16.4. The first-order valence-electron chi connectivity index (χ1n) is 12.0. The van der Waals surface area contributed by atoms with Crippen LogP contribution < -0.4 is 4.90 Å². The van der Waals surface area contributed by atoms with Gasteiger partial charge in [-0.1, -0.05) is 38.0 Å². The van der Waals surface area contributed by atoms with Crippen LogP contribution in [0.25, 0.3) is 10.9 Å². The SMILES string of the molecule is CCCCC(CC(=O)c1cnc(N2C[C@@H](C)N(C)[C@H](C)C2)o1)Cc1c[nH]c2ccccc12. The number of benzene rings is 1. The number of hydrogen-bond acceptors (Lipinski definition) is 5. The number of aromatic nitrogens is 2. The van der Waals surface area contributed by atoms with E-state index in [-0.39, 0.29) is 5.78 Å². The number of piperazine rings is 1. The molecule has 1 unspecified atom stereocenters. The van der Waals surface area contributed by atoms with Gasteiger partial charge in [-0.25, -0.2) is 4.98 Å². The van der Waals surface area contributed by atoms with Crippen molar-refractivity contribution in [3.63, 3.8) is 0 Å². The lowest BCUT2D eigenvalue weighted by molar-refractivity contribution is 0.0930. The van der Waals surface area contributed by atoms with Crippen molar-refractivity contribution in [2.24, 2.45) is 5.92 Å². The minimum absolute atomic E-state index is 0.0555. The summed E-state index contributed by atoms with van der Waals surface area (Å²) in [5.41, 5.74) is 2.44. The maximum absolute atomic E-state index is 13.1. The lowest BCUT2D eigenvalue weighted by atomic mass is 9.89. The zero-order chi connectivity index (χ0) is 22.7. The number of ketones is 1. The van der Waals surface area contributed by atoms with Crippen molar-refractivity contribution in [3.8, 4) is 0 Å². The number of hydrogen-bond donors (Lipinski definition) is 1. The van der Waals surface area contributed by atoms with Crippen molar-refractivity contribution in [1.82, 2.24) is 14.9 Å². The zero-order valence-corrected chi connectivity index (χ0v) is 19.8. The normalized spacial score (nSPS) is 20.7. The number of Topliss-reactive ketones (excluding diaryl/α,β-unsaturated/α-hetero) is 1. The summed E-state index contributed by atoms with van der Waals surface area (Å²) in [4.78, 5) is 25.5. The van der Waals surface area contributed by atoms with Crippen LogP contribution in [0.3, 0.4) is 0 Å². The number of anilines is 1. The number of para-hydroxylation sites is 1. The van der Waals surface area contributed by atoms with Crippen molar-refractivity contribution in [1.29, 1.82) is 0 Å². The summed E-state index contributed by atoms with van der Waals surface area (Å²) >= 11 is 0. The second-order valence-corrected chi connectivity index (χ2v) is 9.47. The van der Waals surface area contributed by atoms with E-state index in [0.29, 0.717) is 36.2 Å². The molecule has 1 fully saturated rings. The molecular weight excluding hydrogens is 400 g/mol. The molecule has 1 aliphatic heterocycles. The maximum Gasteiger partial charge on any atom is 0.297 e. The summed E-state index contributed by atoms with van der Waals surface area (Å²) < 4.78 is 5.97. The maximum atomic E-state index is 13.1. The van der Waals surface area contributed by atoms with Crippen LogP contribution in [0, 0.1) is 5.92 Å². The molecule has 3 aromatic rings. The van der Waals surface area contributed by atoms with Crippen LogP contribution in [-0.4, -0.2) is 52.9 Å². The van der Waals surface area contributed by atoms with Gasteiger partial charge >= 0.3 is 0 Å². The van der Waals surface area contributed by atoms with Crippen LogP contribution in [0.4, 0.5) is 6.01 Å². The molecule has 1 aromatic carbocycles. The molecule has 6 heteroatoms. The Balaban J connectivity index is 1.44. The van der Waals surface area contributed by atoms with Gasteiger partial charge in [0.1, 0.15) is 0 Å². The van der Waals surface area contributed by atoms with Crippen molar-refractivity contribution in [2.45, 2.75) is 65.0 Å². The quantitative estimate of drug-likeness (QED) is 0.461. The van der Waals surface area contributed by atoms with Crippen LogP contribution in [0.15, 0.2) is 41.1 Å². The largest absolute Gasteiger partial charge is 0.420 e. The van der Waals surface area contributed by atoms with Gasteiger partial charge in [-0.2, -0.15) is 0 Å². The average Bonchev–Trinajstić information content (AvgIpc) is 3.43. The summed E-state index contributed by atoms with van der Waals surface area (Å²) in [6, 6.07) is 9.77. The van der Waals surface area contributed by atoms with Crippen molar-refractivity contribution in [2.75, 3.05) is 25.0 Å². The fourth-order valence-corrected chi connectivity index (χ4v) is 4.84. The van der Waals surface area contributed by atoms with E-state index in [1.165, 1.54) is 10.9 Å². The molecule has 3 heterocycles. The summed E-state index contributed by atoms with van der Waals surface area (Å²) in [5.74, 6) is 0.735. The van der Waals surface area contributed by atoms with Gasteiger partial charge in [-0.15, -0.1) is 0 Å². The molecule has 0 radical (unpaired) electrons. The van der Waals surface area contributed by atoms with Crippen LogP contribution in [0.2, 0.25) is 0 Å². The first kappa shape index (κ1) is 22.6. The lowest BCUT2D eigenvalue weighted by Gasteiger charge is -2.41. The van der Waals surface area contributed by atoms with Gasteiger partial charge in [0.25, 0.3) is 6.01 Å². The van der Waals surface area contributed by atoms with E-state index in [1.54, 1.807) is 6.20 Å². The molecule has 0 spiro atoms. The summed E-state index contributed by atoms with van der Waals surface area (Å²) in [5, 5.41) is 1.25. The number of likely N-dealkylation sites (N-methyl/N-ethyl adjacent to an activating group) is 1. The topological polar surface area (TPSA) is 65.4 Å². The summed E-state index contributed by atoms with van der Waals surface area (Å²) in [6.07, 6.45) is 8.39. The molecule has 32 heavy (non-hydrogen) atoms. The van der Waals surface area contributed by atoms with Crippen LogP contribution in [-0.2, 0) is 6.42 Å². The van der Waals surface area contributed by atoms with Gasteiger partial charge in [0.2, 0.25) is 0 Å². The minimum atomic E-state index is 0.0555. The van der Waals surface area contributed by atoms with Gasteiger partial charge in [-0.05, 0) is 51.3 Å². The number of H-pyrrole nitrogens is 1. The fraction of sp³-hybridized carbons (Fsp3) is 0.538. The Labute approximate surface area is 191 Å². The van der Waals surface area contributed by atoms with Crippen LogP contribution >= 0.6 is 0 Å². The van der Waals surface area contributed by atoms with Crippen LogP contribution in [0.1, 0.15) is 62.6 Å². The molecule has 0 aliphatic carbocycles. The number of unbranched alkanes of at least 4 members (excludes halogenated alkanes) is 1. The average molecular weight is 437 g/mol. The third-order valence-electron chi connectivity index (χ3n) is 7.02. The molecular formula is C26H36N4O2. The molecule has 2 aromatic heterocycles. The van der Waals surface area contributed by atoms with Crippen molar-refractivity contribution >= 4 is 22.7 Å². The van der Waals surface area contributed by atoms with Gasteiger partial charge in [0, 0.05) is 48.7 Å². The molecule has 0 amide bonds. The number of carbonyl (C=O) groups excluding carboxylic acids is 1. The minimum Gasteiger partial charge on any atom is -0.420 e. The molecule has 1 aliphatic rings. The summed E-state index contributed by atoms with van der Waals surface area (Å²) in [7, 11) is 2.15. The Hall–Kier alpha value is -2.60. The Kier molecular flexibility index (Phi) is 6.99. The van der Waals surface area contributed by atoms with Crippen molar-refractivity contribution in [3.05, 3.63) is 48.0 Å². The van der Waals surface area contributed by atoms with E-state index in [0.717, 1.165) is 44.3 Å². The molecule has 3 atom stereocenters. The smallest absolute Gasteiger partial charge is 0.297 e. The number of nitrogens with zero attached hydrogens (tertiary/aromatic N) is 3. The second kappa shape index (κ2) is 9.90. The second-order valence-electron chi connectivity index (χ2n) is 9.47. The van der Waals surface area contributed by atoms with Gasteiger partial charge in [0.05, 0.1) is 6.20 Å². The van der Waals surface area contributed by atoms with E-state index in [9.17, 15) is 4.79 Å². The number of carbonyl (C=O) groups is 1. The third-order valence-corrected chi connectivity index (χ3v) is 7.02. The Morgan fingerprint density at radius 2 is 2.00 bits per heavy atom. The monoisotopic (exact) mass is 436 g/mol. The summed E-state index contributed by atoms with van der Waals surface area (Å²) in [6.45, 7) is 8.33. The van der Waals surface area contributed by atoms with Crippen LogP contribution in [0.5, 0.6) is 0 Å². The lowest BCUT2D eigenvalue weighted by Crippen LogP contribution is -2.55. The standard InChI is InChI=1S/C26H36N4O2/c1-5-6-9-20(12-21-14-27-23-11-8-7-10-22(21)23)13-24(31)25-15-28-26(32-25)30-16-18(2)29(4)19(3)17-30/h7-8,10-11,14-15,18-20,27H,5-6,9,12-13,16-17H2,1-4H3/t18-,19-,20?/m1/s1. The first-order valence-corrected chi connectivity index (χ1v) is 12.0.